The summed E-state index contributed by atoms with van der Waals surface area (Å²) in [5.41, 5.74) is 13.6. The molecule has 41 heavy (non-hydrogen) atoms. The molecule has 0 radical (unpaired) electrons. The van der Waals surface area contributed by atoms with Crippen molar-refractivity contribution in [2.45, 2.75) is 19.3 Å². The van der Waals surface area contributed by atoms with Crippen molar-refractivity contribution >= 4 is 21.8 Å². The van der Waals surface area contributed by atoms with Crippen molar-refractivity contribution < 1.29 is 0 Å². The van der Waals surface area contributed by atoms with Gasteiger partial charge in [-0.2, -0.15) is 0 Å². The summed E-state index contributed by atoms with van der Waals surface area (Å²) in [7, 11) is 0. The number of hydrogen-bond donors (Lipinski definition) is 0. The molecule has 0 amide bonds. The van der Waals surface area contributed by atoms with Gasteiger partial charge >= 0.3 is 0 Å². The highest BCUT2D eigenvalue weighted by Crippen LogP contribution is 2.50. The summed E-state index contributed by atoms with van der Waals surface area (Å²) < 4.78 is 0. The van der Waals surface area contributed by atoms with Gasteiger partial charge in [-0.05, 0) is 74.5 Å². The van der Waals surface area contributed by atoms with E-state index in [-0.39, 0.29) is 5.41 Å². The zero-order chi connectivity index (χ0) is 27.6. The number of nitrogens with zero attached hydrogens (tertiary/aromatic N) is 2. The molecule has 7 aromatic rings. The molecule has 0 spiro atoms. The summed E-state index contributed by atoms with van der Waals surface area (Å²) in [6, 6.07) is 47.6. The van der Waals surface area contributed by atoms with Crippen LogP contribution in [0.25, 0.3) is 66.6 Å². The Morgan fingerprint density at radius 3 is 1.76 bits per heavy atom. The Morgan fingerprint density at radius 2 is 1.00 bits per heavy atom. The van der Waals surface area contributed by atoms with Gasteiger partial charge in [-0.1, -0.05) is 117 Å². The third-order valence-corrected chi connectivity index (χ3v) is 8.65. The second kappa shape index (κ2) is 8.97. The molecule has 2 heteroatoms. The van der Waals surface area contributed by atoms with Gasteiger partial charge in [0, 0.05) is 16.5 Å². The van der Waals surface area contributed by atoms with Crippen LogP contribution in [0.5, 0.6) is 0 Å². The Balaban J connectivity index is 1.29. The van der Waals surface area contributed by atoms with Gasteiger partial charge in [0.2, 0.25) is 0 Å². The van der Waals surface area contributed by atoms with E-state index in [0.717, 1.165) is 33.5 Å². The van der Waals surface area contributed by atoms with Crippen LogP contribution in [0.15, 0.2) is 133 Å². The second-order valence-electron chi connectivity index (χ2n) is 11.5. The third kappa shape index (κ3) is 3.79. The Kier molecular flexibility index (Phi) is 5.20. The van der Waals surface area contributed by atoms with Crippen LogP contribution in [0.3, 0.4) is 0 Å². The minimum absolute atomic E-state index is 0.0372. The lowest BCUT2D eigenvalue weighted by Crippen LogP contribution is -2.14. The first-order chi connectivity index (χ1) is 20.1. The number of fused-ring (bicyclic) bond motifs is 5. The molecule has 2 nitrogen and oxygen atoms in total. The fourth-order valence-electron chi connectivity index (χ4n) is 6.45. The number of para-hydroxylation sites is 2. The van der Waals surface area contributed by atoms with Crippen molar-refractivity contribution in [1.29, 1.82) is 0 Å². The van der Waals surface area contributed by atoms with Gasteiger partial charge in [0.1, 0.15) is 0 Å². The standard InChI is InChI=1S/C39H28N2/c1-39(2)33-13-7-6-12-31(33)32-23-28-20-21-29(22-30(28)24-34(32)39)38-37(40-35-14-8-9-15-36(35)41-38)27-18-16-26(17-19-27)25-10-4-3-5-11-25/h3-24H,1-2H3. The van der Waals surface area contributed by atoms with Gasteiger partial charge in [0.05, 0.1) is 22.4 Å². The van der Waals surface area contributed by atoms with E-state index in [1.807, 2.05) is 30.3 Å². The van der Waals surface area contributed by atoms with Crippen molar-refractivity contribution in [3.8, 4) is 44.8 Å². The zero-order valence-corrected chi connectivity index (χ0v) is 23.1. The average molecular weight is 525 g/mol. The van der Waals surface area contributed by atoms with E-state index in [9.17, 15) is 0 Å². The van der Waals surface area contributed by atoms with Crippen LogP contribution < -0.4 is 0 Å². The largest absolute Gasteiger partial charge is 0.244 e. The van der Waals surface area contributed by atoms with E-state index in [1.54, 1.807) is 0 Å². The summed E-state index contributed by atoms with van der Waals surface area (Å²) in [4.78, 5) is 10.3. The molecule has 1 aromatic heterocycles. The summed E-state index contributed by atoms with van der Waals surface area (Å²) in [5.74, 6) is 0. The lowest BCUT2D eigenvalue weighted by molar-refractivity contribution is 0.661. The molecule has 0 saturated heterocycles. The minimum atomic E-state index is -0.0372. The first-order valence-electron chi connectivity index (χ1n) is 14.2. The first-order valence-corrected chi connectivity index (χ1v) is 14.2. The molecule has 0 atom stereocenters. The van der Waals surface area contributed by atoms with Crippen LogP contribution in [0, 0.1) is 0 Å². The van der Waals surface area contributed by atoms with Crippen molar-refractivity contribution in [3.05, 3.63) is 145 Å². The number of aromatic nitrogens is 2. The molecule has 8 rings (SSSR count). The molecule has 0 aliphatic heterocycles. The van der Waals surface area contributed by atoms with E-state index in [4.69, 9.17) is 9.97 Å². The van der Waals surface area contributed by atoms with Gasteiger partial charge in [-0.3, -0.25) is 0 Å². The Labute approximate surface area is 240 Å². The maximum atomic E-state index is 5.18. The first kappa shape index (κ1) is 23.8. The smallest absolute Gasteiger partial charge is 0.0973 e. The quantitative estimate of drug-likeness (QED) is 0.230. The molecule has 0 unspecified atom stereocenters. The molecule has 1 aliphatic carbocycles. The number of hydrogen-bond acceptors (Lipinski definition) is 2. The van der Waals surface area contributed by atoms with E-state index in [1.165, 1.54) is 44.2 Å². The third-order valence-electron chi connectivity index (χ3n) is 8.65. The fraction of sp³-hybridized carbons (Fsp3) is 0.0769. The molecule has 0 bridgehead atoms. The predicted octanol–water partition coefficient (Wildman–Crippen LogP) is 10.1. The van der Waals surface area contributed by atoms with Crippen LogP contribution in [-0.2, 0) is 5.41 Å². The van der Waals surface area contributed by atoms with Crippen LogP contribution in [-0.4, -0.2) is 9.97 Å². The van der Waals surface area contributed by atoms with Crippen molar-refractivity contribution in [2.24, 2.45) is 0 Å². The normalized spacial score (nSPS) is 13.3. The van der Waals surface area contributed by atoms with Crippen molar-refractivity contribution in [3.63, 3.8) is 0 Å². The SMILES string of the molecule is CC1(C)c2ccccc2-c2cc3ccc(-c4nc5ccccc5nc4-c4ccc(-c5ccccc5)cc4)cc3cc21. The van der Waals surface area contributed by atoms with Crippen molar-refractivity contribution in [1.82, 2.24) is 9.97 Å². The van der Waals surface area contributed by atoms with E-state index < -0.39 is 0 Å². The van der Waals surface area contributed by atoms with Gasteiger partial charge in [0.25, 0.3) is 0 Å². The Morgan fingerprint density at radius 1 is 0.415 bits per heavy atom. The molecule has 0 saturated carbocycles. The molecule has 1 heterocycles. The minimum Gasteiger partial charge on any atom is -0.244 e. The summed E-state index contributed by atoms with van der Waals surface area (Å²) in [6.45, 7) is 4.67. The maximum absolute atomic E-state index is 5.18. The van der Waals surface area contributed by atoms with Crippen LogP contribution in [0.4, 0.5) is 0 Å². The zero-order valence-electron chi connectivity index (χ0n) is 23.1. The molecular weight excluding hydrogens is 496 g/mol. The molecule has 0 fully saturated rings. The molecular formula is C39H28N2. The van der Waals surface area contributed by atoms with Crippen molar-refractivity contribution in [2.75, 3.05) is 0 Å². The summed E-state index contributed by atoms with van der Waals surface area (Å²) >= 11 is 0. The van der Waals surface area contributed by atoms with Crippen LogP contribution in [0.2, 0.25) is 0 Å². The highest BCUT2D eigenvalue weighted by atomic mass is 14.8. The van der Waals surface area contributed by atoms with Gasteiger partial charge in [-0.25, -0.2) is 9.97 Å². The average Bonchev–Trinajstić information content (AvgIpc) is 3.25. The fourth-order valence-corrected chi connectivity index (χ4v) is 6.45. The predicted molar refractivity (Wildman–Crippen MR) is 171 cm³/mol. The Hall–Kier alpha value is -5.08. The number of rotatable bonds is 3. The van der Waals surface area contributed by atoms with Crippen LogP contribution >= 0.6 is 0 Å². The highest BCUT2D eigenvalue weighted by Gasteiger charge is 2.35. The molecule has 1 aliphatic rings. The molecule has 194 valence electrons. The highest BCUT2D eigenvalue weighted by molar-refractivity contribution is 5.97. The molecule has 6 aromatic carbocycles. The summed E-state index contributed by atoms with van der Waals surface area (Å²) in [5, 5.41) is 2.46. The Bertz CT molecular complexity index is 2110. The lowest BCUT2D eigenvalue weighted by atomic mass is 9.82. The number of benzene rings is 6. The lowest BCUT2D eigenvalue weighted by Gasteiger charge is -2.21. The van der Waals surface area contributed by atoms with Gasteiger partial charge in [-0.15, -0.1) is 0 Å². The second-order valence-corrected chi connectivity index (χ2v) is 11.5. The maximum Gasteiger partial charge on any atom is 0.0973 e. The topological polar surface area (TPSA) is 25.8 Å². The van der Waals surface area contributed by atoms with E-state index >= 15 is 0 Å². The van der Waals surface area contributed by atoms with Crippen LogP contribution in [0.1, 0.15) is 25.0 Å². The molecule has 0 N–H and O–H groups in total. The monoisotopic (exact) mass is 524 g/mol. The van der Waals surface area contributed by atoms with E-state index in [0.29, 0.717) is 0 Å². The van der Waals surface area contributed by atoms with Gasteiger partial charge < -0.3 is 0 Å². The van der Waals surface area contributed by atoms with Gasteiger partial charge in [0.15, 0.2) is 0 Å². The summed E-state index contributed by atoms with van der Waals surface area (Å²) in [6.07, 6.45) is 0. The van der Waals surface area contributed by atoms with E-state index in [2.05, 4.69) is 117 Å².